The topological polar surface area (TPSA) is 84.9 Å². The summed E-state index contributed by atoms with van der Waals surface area (Å²) in [6, 6.07) is 18.0. The second-order valence-corrected chi connectivity index (χ2v) is 11.1. The van der Waals surface area contributed by atoms with Crippen molar-refractivity contribution in [1.82, 2.24) is 4.90 Å². The molecule has 3 aromatic carbocycles. The van der Waals surface area contributed by atoms with Gasteiger partial charge in [0.05, 0.1) is 21.3 Å². The molecule has 0 saturated carbocycles. The number of ether oxygens (including phenoxy) is 2. The molecule has 1 saturated heterocycles. The van der Waals surface area contributed by atoms with Crippen molar-refractivity contribution in [2.45, 2.75) is 6.61 Å². The number of para-hydroxylation sites is 1. The Balaban J connectivity index is 1.48. The smallest absolute Gasteiger partial charge is 0.294 e. The molecule has 0 atom stereocenters. The van der Waals surface area contributed by atoms with E-state index in [2.05, 4.69) is 43.8 Å². The lowest BCUT2D eigenvalue weighted by atomic mass is 10.1. The van der Waals surface area contributed by atoms with E-state index in [4.69, 9.17) is 21.1 Å². The molecule has 0 bridgehead atoms. The number of amides is 3. The maximum atomic E-state index is 12.9. The van der Waals surface area contributed by atoms with Gasteiger partial charge >= 0.3 is 0 Å². The van der Waals surface area contributed by atoms with Crippen molar-refractivity contribution in [2.24, 2.45) is 0 Å². The molecule has 1 N–H and O–H groups in total. The van der Waals surface area contributed by atoms with Gasteiger partial charge in [0.15, 0.2) is 11.5 Å². The molecule has 1 aliphatic rings. The fraction of sp³-hybridized carbons (Fsp3) is 0.115. The van der Waals surface area contributed by atoms with E-state index in [-0.39, 0.29) is 18.1 Å². The normalized spacial score (nSPS) is 14.3. The minimum atomic E-state index is -0.537. The number of rotatable bonds is 8. The van der Waals surface area contributed by atoms with E-state index in [0.29, 0.717) is 32.2 Å². The standard InChI is InChI=1S/C26H19BrClIN2O5S/c1-35-21-11-15(10-19(29)24(21)36-14-16-6-2-4-8-18(16)28)12-22-25(33)31(26(34)37-22)13-23(32)30-20-9-5-3-7-17(20)27/h2-12H,13-14H2,1H3,(H,30,32)/b22-12+. The Hall–Kier alpha value is -2.54. The monoisotopic (exact) mass is 712 g/mol. The molecular weight excluding hydrogens is 695 g/mol. The maximum absolute atomic E-state index is 12.9. The molecule has 3 aromatic rings. The summed E-state index contributed by atoms with van der Waals surface area (Å²) in [5.41, 5.74) is 2.03. The van der Waals surface area contributed by atoms with E-state index in [9.17, 15) is 14.4 Å². The summed E-state index contributed by atoms with van der Waals surface area (Å²) in [6.45, 7) is -0.134. The number of carbonyl (C=O) groups excluding carboxylic acids is 3. The van der Waals surface area contributed by atoms with Gasteiger partial charge in [0.1, 0.15) is 13.2 Å². The highest BCUT2D eigenvalue weighted by molar-refractivity contribution is 14.1. The van der Waals surface area contributed by atoms with Gasteiger partial charge in [-0.3, -0.25) is 19.3 Å². The van der Waals surface area contributed by atoms with Gasteiger partial charge in [-0.25, -0.2) is 0 Å². The third-order valence-electron chi connectivity index (χ3n) is 5.20. The molecule has 0 aliphatic carbocycles. The summed E-state index contributed by atoms with van der Waals surface area (Å²) in [5, 5.41) is 2.79. The second kappa shape index (κ2) is 12.3. The Morgan fingerprint density at radius 3 is 2.62 bits per heavy atom. The number of halogens is 3. The summed E-state index contributed by atoms with van der Waals surface area (Å²) in [7, 11) is 1.52. The second-order valence-electron chi connectivity index (χ2n) is 7.71. The largest absolute Gasteiger partial charge is 0.493 e. The van der Waals surface area contributed by atoms with E-state index in [1.807, 2.05) is 30.3 Å². The van der Waals surface area contributed by atoms with E-state index in [1.165, 1.54) is 7.11 Å². The first-order valence-corrected chi connectivity index (χ1v) is 13.9. The number of anilines is 1. The van der Waals surface area contributed by atoms with E-state index in [0.717, 1.165) is 25.8 Å². The Kier molecular flexibility index (Phi) is 9.17. The van der Waals surface area contributed by atoms with Crippen LogP contribution < -0.4 is 14.8 Å². The predicted octanol–water partition coefficient (Wildman–Crippen LogP) is 6.97. The van der Waals surface area contributed by atoms with Crippen LogP contribution in [0.15, 0.2) is 70.0 Å². The lowest BCUT2D eigenvalue weighted by Crippen LogP contribution is -2.36. The minimum absolute atomic E-state index is 0.210. The van der Waals surface area contributed by atoms with Crippen molar-refractivity contribution in [3.63, 3.8) is 0 Å². The van der Waals surface area contributed by atoms with Gasteiger partial charge < -0.3 is 14.8 Å². The molecule has 0 aromatic heterocycles. The quantitative estimate of drug-likeness (QED) is 0.201. The molecule has 0 unspecified atom stereocenters. The highest BCUT2D eigenvalue weighted by atomic mass is 127. The van der Waals surface area contributed by atoms with Crippen LogP contribution in [0.5, 0.6) is 11.5 Å². The first-order chi connectivity index (χ1) is 17.8. The molecule has 190 valence electrons. The van der Waals surface area contributed by atoms with Crippen molar-refractivity contribution >= 4 is 90.7 Å². The van der Waals surface area contributed by atoms with E-state index >= 15 is 0 Å². The van der Waals surface area contributed by atoms with Crippen molar-refractivity contribution in [2.75, 3.05) is 19.0 Å². The third-order valence-corrected chi connectivity index (χ3v) is 7.97. The molecular formula is C26H19BrClIN2O5S. The lowest BCUT2D eigenvalue weighted by Gasteiger charge is -2.14. The number of hydrogen-bond acceptors (Lipinski definition) is 6. The SMILES string of the molecule is COc1cc(/C=C2/SC(=O)N(CC(=O)Nc3ccccc3Br)C2=O)cc(I)c1OCc1ccccc1Cl. The summed E-state index contributed by atoms with van der Waals surface area (Å²) in [4.78, 5) is 39.1. The van der Waals surface area contributed by atoms with Crippen molar-refractivity contribution in [1.29, 1.82) is 0 Å². The summed E-state index contributed by atoms with van der Waals surface area (Å²) >= 11 is 12.5. The highest BCUT2D eigenvalue weighted by Crippen LogP contribution is 2.38. The van der Waals surface area contributed by atoms with Crippen molar-refractivity contribution in [3.05, 3.63) is 89.8 Å². The molecule has 3 amide bonds. The van der Waals surface area contributed by atoms with Crippen LogP contribution in [0, 0.1) is 3.57 Å². The van der Waals surface area contributed by atoms with Gasteiger partial charge in [0.2, 0.25) is 5.91 Å². The van der Waals surface area contributed by atoms with Crippen LogP contribution >= 0.6 is 61.9 Å². The number of methoxy groups -OCH3 is 1. The fourth-order valence-electron chi connectivity index (χ4n) is 3.41. The van der Waals surface area contributed by atoms with E-state index in [1.54, 1.807) is 36.4 Å². The molecule has 7 nitrogen and oxygen atoms in total. The van der Waals surface area contributed by atoms with Crippen LogP contribution in [0.1, 0.15) is 11.1 Å². The third kappa shape index (κ3) is 6.67. The molecule has 1 heterocycles. The molecule has 0 radical (unpaired) electrons. The van der Waals surface area contributed by atoms with Gasteiger partial charge in [0, 0.05) is 15.1 Å². The molecule has 1 fully saturated rings. The number of carbonyl (C=O) groups is 3. The van der Waals surface area contributed by atoms with Crippen molar-refractivity contribution in [3.8, 4) is 11.5 Å². The number of benzene rings is 3. The van der Waals surface area contributed by atoms with Crippen LogP contribution in [-0.2, 0) is 16.2 Å². The van der Waals surface area contributed by atoms with Gasteiger partial charge in [-0.1, -0.05) is 41.9 Å². The first-order valence-electron chi connectivity index (χ1n) is 10.8. The lowest BCUT2D eigenvalue weighted by molar-refractivity contribution is -0.127. The minimum Gasteiger partial charge on any atom is -0.493 e. The van der Waals surface area contributed by atoms with Gasteiger partial charge in [-0.2, -0.15) is 0 Å². The van der Waals surface area contributed by atoms with Crippen LogP contribution in [0.25, 0.3) is 6.08 Å². The average Bonchev–Trinajstić information content (AvgIpc) is 3.12. The number of nitrogens with one attached hydrogen (secondary N) is 1. The zero-order valence-electron chi connectivity index (χ0n) is 19.3. The Morgan fingerprint density at radius 1 is 1.16 bits per heavy atom. The zero-order chi connectivity index (χ0) is 26.5. The Labute approximate surface area is 244 Å². The Bertz CT molecular complexity index is 1420. The van der Waals surface area contributed by atoms with Crippen molar-refractivity contribution < 1.29 is 23.9 Å². The van der Waals surface area contributed by atoms with Crippen LogP contribution in [0.3, 0.4) is 0 Å². The van der Waals surface area contributed by atoms with Crippen LogP contribution in [0.2, 0.25) is 5.02 Å². The fourth-order valence-corrected chi connectivity index (χ4v) is 5.61. The molecule has 0 spiro atoms. The predicted molar refractivity (Wildman–Crippen MR) is 157 cm³/mol. The Morgan fingerprint density at radius 2 is 1.89 bits per heavy atom. The summed E-state index contributed by atoms with van der Waals surface area (Å²) in [6.07, 6.45) is 1.60. The molecule has 1 aliphatic heterocycles. The zero-order valence-corrected chi connectivity index (χ0v) is 24.6. The number of imide groups is 1. The first kappa shape index (κ1) is 27.5. The summed E-state index contributed by atoms with van der Waals surface area (Å²) < 4.78 is 13.0. The molecule has 11 heteroatoms. The number of thioether (sulfide) groups is 1. The molecule has 4 rings (SSSR count). The number of hydrogen-bond donors (Lipinski definition) is 1. The van der Waals surface area contributed by atoms with Crippen LogP contribution in [0.4, 0.5) is 10.5 Å². The van der Waals surface area contributed by atoms with E-state index < -0.39 is 17.1 Å². The maximum Gasteiger partial charge on any atom is 0.294 e. The highest BCUT2D eigenvalue weighted by Gasteiger charge is 2.36. The average molecular weight is 714 g/mol. The van der Waals surface area contributed by atoms with Gasteiger partial charge in [-0.15, -0.1) is 0 Å². The van der Waals surface area contributed by atoms with Crippen LogP contribution in [-0.4, -0.2) is 35.6 Å². The molecule has 37 heavy (non-hydrogen) atoms. The van der Waals surface area contributed by atoms with Gasteiger partial charge in [-0.05, 0) is 92.3 Å². The van der Waals surface area contributed by atoms with Gasteiger partial charge in [0.25, 0.3) is 11.1 Å². The summed E-state index contributed by atoms with van der Waals surface area (Å²) in [5.74, 6) is -0.00810. The number of nitrogens with zero attached hydrogens (tertiary/aromatic N) is 1.